The molecule has 8 nitrogen and oxygen atoms in total. The van der Waals surface area contributed by atoms with Crippen LogP contribution >= 0.6 is 0 Å². The van der Waals surface area contributed by atoms with E-state index in [1.807, 2.05) is 30.3 Å². The molecule has 0 unspecified atom stereocenters. The first-order valence-corrected chi connectivity index (χ1v) is 12.3. The maximum atomic E-state index is 13.1. The molecule has 196 valence electrons. The van der Waals surface area contributed by atoms with E-state index in [0.717, 1.165) is 26.8 Å². The maximum Gasteiger partial charge on any atom is 0.331 e. The number of fused-ring (bicyclic) bond motifs is 1. The van der Waals surface area contributed by atoms with Crippen LogP contribution in [0.2, 0.25) is 0 Å². The first kappa shape index (κ1) is 25.5. The summed E-state index contributed by atoms with van der Waals surface area (Å²) in [5.41, 5.74) is 2.14. The number of furan rings is 1. The van der Waals surface area contributed by atoms with Crippen LogP contribution in [0.25, 0.3) is 16.8 Å². The Bertz CT molecular complexity index is 1600. The van der Waals surface area contributed by atoms with E-state index in [1.165, 1.54) is 19.4 Å². The molecule has 3 aromatic carbocycles. The fourth-order valence-corrected chi connectivity index (χ4v) is 4.52. The van der Waals surface area contributed by atoms with Crippen molar-refractivity contribution in [2.45, 2.75) is 19.6 Å². The van der Waals surface area contributed by atoms with Gasteiger partial charge in [0.2, 0.25) is 0 Å². The standard InChI is InChI=1S/C31H26N2O6/c1-3-8-22-15-20(16-26-29(34)32-31(36)33(30(26)35)18-24-12-7-14-38-24)17-27(37-2)28(22)39-19-23-11-6-10-21-9-4-5-13-25(21)23/h3-7,9-17H,1,8,18-19H2,2H3,(H,32,34,36)/b26-16+. The van der Waals surface area contributed by atoms with Gasteiger partial charge in [-0.1, -0.05) is 48.5 Å². The number of allylic oxidation sites excluding steroid dienone is 1. The van der Waals surface area contributed by atoms with Crippen LogP contribution in [0.4, 0.5) is 4.79 Å². The monoisotopic (exact) mass is 522 g/mol. The molecule has 4 amide bonds. The molecule has 0 saturated carbocycles. The zero-order valence-corrected chi connectivity index (χ0v) is 21.3. The number of amides is 4. The van der Waals surface area contributed by atoms with Crippen LogP contribution in [-0.2, 0) is 29.2 Å². The van der Waals surface area contributed by atoms with Crippen LogP contribution in [0.5, 0.6) is 11.5 Å². The SMILES string of the molecule is C=CCc1cc(/C=C2\C(=O)NC(=O)N(Cc3ccco3)C2=O)cc(OC)c1OCc1cccc2ccccc12. The Morgan fingerprint density at radius 1 is 1.00 bits per heavy atom. The van der Waals surface area contributed by atoms with Crippen molar-refractivity contribution in [2.75, 3.05) is 7.11 Å². The van der Waals surface area contributed by atoms with Crippen molar-refractivity contribution in [2.24, 2.45) is 0 Å². The van der Waals surface area contributed by atoms with E-state index in [4.69, 9.17) is 13.9 Å². The summed E-state index contributed by atoms with van der Waals surface area (Å²) in [7, 11) is 1.52. The van der Waals surface area contributed by atoms with Gasteiger partial charge >= 0.3 is 6.03 Å². The summed E-state index contributed by atoms with van der Waals surface area (Å²) in [5, 5.41) is 4.44. The van der Waals surface area contributed by atoms with Crippen molar-refractivity contribution in [3.63, 3.8) is 0 Å². The van der Waals surface area contributed by atoms with Crippen molar-refractivity contribution in [1.29, 1.82) is 0 Å². The molecule has 2 heterocycles. The molecule has 1 N–H and O–H groups in total. The summed E-state index contributed by atoms with van der Waals surface area (Å²) in [6.07, 6.45) is 5.07. The first-order valence-electron chi connectivity index (χ1n) is 12.3. The number of hydrogen-bond acceptors (Lipinski definition) is 6. The number of rotatable bonds is 9. The zero-order valence-electron chi connectivity index (χ0n) is 21.3. The fraction of sp³-hybridized carbons (Fsp3) is 0.129. The number of hydrogen-bond donors (Lipinski definition) is 1. The van der Waals surface area contributed by atoms with Gasteiger partial charge in [0.25, 0.3) is 11.8 Å². The number of imide groups is 2. The van der Waals surface area contributed by atoms with E-state index < -0.39 is 17.8 Å². The summed E-state index contributed by atoms with van der Waals surface area (Å²) >= 11 is 0. The van der Waals surface area contributed by atoms with Gasteiger partial charge in [0.05, 0.1) is 19.9 Å². The average molecular weight is 523 g/mol. The zero-order chi connectivity index (χ0) is 27.4. The topological polar surface area (TPSA) is 98.1 Å². The molecule has 1 aliphatic heterocycles. The predicted octanol–water partition coefficient (Wildman–Crippen LogP) is 5.41. The molecule has 0 bridgehead atoms. The molecule has 4 aromatic rings. The fourth-order valence-electron chi connectivity index (χ4n) is 4.52. The van der Waals surface area contributed by atoms with Crippen LogP contribution < -0.4 is 14.8 Å². The van der Waals surface area contributed by atoms with Gasteiger partial charge in [-0.25, -0.2) is 4.79 Å². The maximum absolute atomic E-state index is 13.1. The quantitative estimate of drug-likeness (QED) is 0.179. The molecule has 8 heteroatoms. The molecule has 0 atom stereocenters. The highest BCUT2D eigenvalue weighted by atomic mass is 16.5. The Labute approximate surface area is 225 Å². The van der Waals surface area contributed by atoms with Crippen LogP contribution in [0, 0.1) is 0 Å². The highest BCUT2D eigenvalue weighted by Gasteiger charge is 2.36. The molecule has 0 aliphatic carbocycles. The summed E-state index contributed by atoms with van der Waals surface area (Å²) in [4.78, 5) is 39.0. The highest BCUT2D eigenvalue weighted by Crippen LogP contribution is 2.36. The number of nitrogens with one attached hydrogen (secondary N) is 1. The van der Waals surface area contributed by atoms with Gasteiger partial charge in [-0.05, 0) is 58.7 Å². The molecule has 0 radical (unpaired) electrons. The number of carbonyl (C=O) groups excluding carboxylic acids is 3. The largest absolute Gasteiger partial charge is 0.493 e. The van der Waals surface area contributed by atoms with Crippen molar-refractivity contribution >= 4 is 34.7 Å². The second kappa shape index (κ2) is 11.1. The first-order chi connectivity index (χ1) is 19.0. The van der Waals surface area contributed by atoms with Gasteiger partial charge < -0.3 is 13.9 Å². The number of urea groups is 1. The lowest BCUT2D eigenvalue weighted by atomic mass is 10.0. The Balaban J connectivity index is 1.46. The van der Waals surface area contributed by atoms with E-state index in [2.05, 4.69) is 30.1 Å². The molecule has 39 heavy (non-hydrogen) atoms. The van der Waals surface area contributed by atoms with Gasteiger partial charge in [0, 0.05) is 5.56 Å². The smallest absolute Gasteiger partial charge is 0.331 e. The molecule has 5 rings (SSSR count). The van der Waals surface area contributed by atoms with Crippen LogP contribution in [-0.4, -0.2) is 29.9 Å². The molecule has 1 aliphatic rings. The van der Waals surface area contributed by atoms with Crippen LogP contribution in [0.3, 0.4) is 0 Å². The lowest BCUT2D eigenvalue weighted by Gasteiger charge is -2.25. The number of ether oxygens (including phenoxy) is 2. The third-order valence-corrected chi connectivity index (χ3v) is 6.38. The van der Waals surface area contributed by atoms with Crippen molar-refractivity contribution in [1.82, 2.24) is 10.2 Å². The van der Waals surface area contributed by atoms with E-state index in [-0.39, 0.29) is 12.1 Å². The van der Waals surface area contributed by atoms with E-state index >= 15 is 0 Å². The molecular weight excluding hydrogens is 496 g/mol. The molecule has 0 spiro atoms. The minimum absolute atomic E-state index is 0.103. The minimum atomic E-state index is -0.805. The number of nitrogens with zero attached hydrogens (tertiary/aromatic N) is 1. The van der Waals surface area contributed by atoms with Crippen molar-refractivity contribution in [3.8, 4) is 11.5 Å². The van der Waals surface area contributed by atoms with E-state index in [1.54, 1.807) is 24.3 Å². The second-order valence-corrected chi connectivity index (χ2v) is 8.92. The average Bonchev–Trinajstić information content (AvgIpc) is 3.46. The van der Waals surface area contributed by atoms with Crippen LogP contribution in [0.1, 0.15) is 22.5 Å². The van der Waals surface area contributed by atoms with Gasteiger partial charge in [-0.2, -0.15) is 0 Å². The van der Waals surface area contributed by atoms with Gasteiger partial charge in [-0.15, -0.1) is 6.58 Å². The lowest BCUT2D eigenvalue weighted by Crippen LogP contribution is -2.53. The Morgan fingerprint density at radius 2 is 1.82 bits per heavy atom. The number of benzene rings is 3. The third kappa shape index (κ3) is 5.31. The minimum Gasteiger partial charge on any atom is -0.493 e. The normalized spacial score (nSPS) is 14.5. The molecule has 1 saturated heterocycles. The number of carbonyl (C=O) groups is 3. The summed E-state index contributed by atoms with van der Waals surface area (Å²) in [6.45, 7) is 4.06. The van der Waals surface area contributed by atoms with Crippen LogP contribution in [0.15, 0.2) is 95.6 Å². The summed E-state index contributed by atoms with van der Waals surface area (Å²) in [5.74, 6) is -0.105. The Hall–Kier alpha value is -5.11. The number of barbiturate groups is 1. The Kier molecular flexibility index (Phi) is 7.27. The van der Waals surface area contributed by atoms with Gasteiger partial charge in [0.15, 0.2) is 11.5 Å². The lowest BCUT2D eigenvalue weighted by molar-refractivity contribution is -0.130. The Morgan fingerprint density at radius 3 is 2.59 bits per heavy atom. The molecule has 1 aromatic heterocycles. The highest BCUT2D eigenvalue weighted by molar-refractivity contribution is 6.31. The van der Waals surface area contributed by atoms with Crippen molar-refractivity contribution < 1.29 is 28.3 Å². The van der Waals surface area contributed by atoms with Gasteiger partial charge in [-0.3, -0.25) is 19.8 Å². The number of methoxy groups -OCH3 is 1. The third-order valence-electron chi connectivity index (χ3n) is 6.38. The second-order valence-electron chi connectivity index (χ2n) is 8.92. The predicted molar refractivity (Wildman–Crippen MR) is 146 cm³/mol. The summed E-state index contributed by atoms with van der Waals surface area (Å²) in [6, 6.07) is 20.1. The molecule has 1 fully saturated rings. The van der Waals surface area contributed by atoms with E-state index in [9.17, 15) is 14.4 Å². The van der Waals surface area contributed by atoms with E-state index in [0.29, 0.717) is 35.9 Å². The van der Waals surface area contributed by atoms with Gasteiger partial charge in [0.1, 0.15) is 17.9 Å². The molecular formula is C31H26N2O6. The van der Waals surface area contributed by atoms with Crippen molar-refractivity contribution in [3.05, 3.63) is 114 Å². The summed E-state index contributed by atoms with van der Waals surface area (Å²) < 4.78 is 17.2.